The van der Waals surface area contributed by atoms with Gasteiger partial charge in [-0.05, 0) is 18.9 Å². The van der Waals surface area contributed by atoms with Crippen LogP contribution in [0.25, 0.3) is 0 Å². The number of hydrogen-bond acceptors (Lipinski definition) is 4. The van der Waals surface area contributed by atoms with Crippen molar-refractivity contribution in [2.24, 2.45) is 7.05 Å². The predicted octanol–water partition coefficient (Wildman–Crippen LogP) is 2.41. The second-order valence-electron chi connectivity index (χ2n) is 5.89. The lowest BCUT2D eigenvalue weighted by atomic mass is 10.2. The highest BCUT2D eigenvalue weighted by atomic mass is 19.4. The molecule has 2 heterocycles. The Hall–Kier alpha value is -2.83. The van der Waals surface area contributed by atoms with Crippen LogP contribution in [-0.4, -0.2) is 25.5 Å². The number of halogens is 3. The van der Waals surface area contributed by atoms with Gasteiger partial charge in [-0.15, -0.1) is 0 Å². The van der Waals surface area contributed by atoms with Crippen LogP contribution < -0.4 is 5.32 Å². The van der Waals surface area contributed by atoms with E-state index in [0.717, 1.165) is 18.9 Å². The molecule has 0 atom stereocenters. The van der Waals surface area contributed by atoms with Crippen LogP contribution in [0.1, 0.15) is 42.1 Å². The van der Waals surface area contributed by atoms with E-state index in [1.807, 2.05) is 6.07 Å². The molecule has 7 nitrogen and oxygen atoms in total. The topological polar surface area (TPSA) is 88.5 Å². The third-order valence-corrected chi connectivity index (χ3v) is 3.96. The maximum absolute atomic E-state index is 12.8. The predicted molar refractivity (Wildman–Crippen MR) is 80.4 cm³/mol. The fourth-order valence-corrected chi connectivity index (χ4v) is 2.53. The largest absolute Gasteiger partial charge is 0.435 e. The molecule has 0 aliphatic heterocycles. The maximum atomic E-state index is 12.8. The van der Waals surface area contributed by atoms with Gasteiger partial charge in [0.25, 0.3) is 0 Å². The van der Waals surface area contributed by atoms with Crippen molar-refractivity contribution in [2.75, 3.05) is 5.32 Å². The van der Waals surface area contributed by atoms with Crippen molar-refractivity contribution in [1.29, 1.82) is 5.26 Å². The molecule has 25 heavy (non-hydrogen) atoms. The molecule has 0 radical (unpaired) electrons. The Morgan fingerprint density at radius 2 is 2.20 bits per heavy atom. The minimum absolute atomic E-state index is 0.0352. The highest BCUT2D eigenvalue weighted by Crippen LogP contribution is 2.42. The van der Waals surface area contributed by atoms with Gasteiger partial charge < -0.3 is 5.32 Å². The Morgan fingerprint density at radius 1 is 1.48 bits per heavy atom. The van der Waals surface area contributed by atoms with Gasteiger partial charge in [-0.1, -0.05) is 0 Å². The molecule has 0 spiro atoms. The summed E-state index contributed by atoms with van der Waals surface area (Å²) in [4.78, 5) is 12.1. The van der Waals surface area contributed by atoms with Crippen LogP contribution in [0.15, 0.2) is 12.3 Å². The molecule has 1 fully saturated rings. The summed E-state index contributed by atoms with van der Waals surface area (Å²) in [5, 5.41) is 19.0. The van der Waals surface area contributed by atoms with E-state index >= 15 is 0 Å². The Bertz CT molecular complexity index is 841. The van der Waals surface area contributed by atoms with Crippen molar-refractivity contribution >= 4 is 11.7 Å². The van der Waals surface area contributed by atoms with Crippen molar-refractivity contribution in [3.8, 4) is 6.07 Å². The fraction of sp³-hybridized carbons (Fsp3) is 0.467. The lowest BCUT2D eigenvalue weighted by molar-refractivity contribution is -0.141. The van der Waals surface area contributed by atoms with Crippen LogP contribution in [0.5, 0.6) is 0 Å². The van der Waals surface area contributed by atoms with Gasteiger partial charge in [0.2, 0.25) is 5.91 Å². The molecule has 2 aromatic rings. The zero-order chi connectivity index (χ0) is 18.2. The van der Waals surface area contributed by atoms with Crippen molar-refractivity contribution < 1.29 is 18.0 Å². The number of nitriles is 1. The van der Waals surface area contributed by atoms with E-state index in [4.69, 9.17) is 5.26 Å². The van der Waals surface area contributed by atoms with E-state index in [2.05, 4.69) is 15.5 Å². The molecule has 132 valence electrons. The standard InChI is InChI=1S/C15H15F3N6O/c1-23-14(10(7-19)8-20-23)21-13(25)4-5-24-11(9-2-3-9)6-12(22-24)15(16,17)18/h6,8-9H,2-5H2,1H3,(H,21,25). The molecule has 1 aliphatic rings. The van der Waals surface area contributed by atoms with Crippen molar-refractivity contribution in [3.63, 3.8) is 0 Å². The Kier molecular flexibility index (Phi) is 4.24. The normalized spacial score (nSPS) is 14.4. The molecule has 1 saturated carbocycles. The van der Waals surface area contributed by atoms with Crippen LogP contribution in [0.4, 0.5) is 19.0 Å². The first-order valence-electron chi connectivity index (χ1n) is 7.66. The number of rotatable bonds is 5. The first-order valence-corrected chi connectivity index (χ1v) is 7.66. The van der Waals surface area contributed by atoms with Crippen molar-refractivity contribution in [2.45, 2.75) is 37.9 Å². The Labute approximate surface area is 141 Å². The zero-order valence-electron chi connectivity index (χ0n) is 13.3. The van der Waals surface area contributed by atoms with E-state index < -0.39 is 17.8 Å². The number of anilines is 1. The summed E-state index contributed by atoms with van der Waals surface area (Å²) >= 11 is 0. The first-order chi connectivity index (χ1) is 11.8. The highest BCUT2D eigenvalue weighted by Gasteiger charge is 2.37. The van der Waals surface area contributed by atoms with Crippen molar-refractivity contribution in [3.05, 3.63) is 29.2 Å². The van der Waals surface area contributed by atoms with Crippen LogP contribution in [-0.2, 0) is 24.6 Å². The molecule has 0 aromatic carbocycles. The number of nitrogens with one attached hydrogen (secondary N) is 1. The molecular weight excluding hydrogens is 337 g/mol. The van der Waals surface area contributed by atoms with E-state index in [-0.39, 0.29) is 30.3 Å². The molecule has 0 saturated heterocycles. The van der Waals surface area contributed by atoms with E-state index in [1.165, 1.54) is 15.6 Å². The number of aromatic nitrogens is 4. The number of hydrogen-bond donors (Lipinski definition) is 1. The number of aryl methyl sites for hydroxylation is 2. The van der Waals surface area contributed by atoms with Gasteiger partial charge >= 0.3 is 6.18 Å². The summed E-state index contributed by atoms with van der Waals surface area (Å²) in [5.74, 6) is -0.0915. The Morgan fingerprint density at radius 3 is 2.80 bits per heavy atom. The van der Waals surface area contributed by atoms with Crippen LogP contribution in [0.2, 0.25) is 0 Å². The minimum atomic E-state index is -4.51. The lowest BCUT2D eigenvalue weighted by Gasteiger charge is -2.08. The summed E-state index contributed by atoms with van der Waals surface area (Å²) in [6.45, 7) is 0.0352. The molecular formula is C15H15F3N6O. The molecule has 3 rings (SSSR count). The smallest absolute Gasteiger partial charge is 0.310 e. The Balaban J connectivity index is 1.69. The van der Waals surface area contributed by atoms with E-state index in [1.54, 1.807) is 7.05 Å². The van der Waals surface area contributed by atoms with E-state index in [0.29, 0.717) is 5.69 Å². The zero-order valence-corrected chi connectivity index (χ0v) is 13.3. The highest BCUT2D eigenvalue weighted by molar-refractivity contribution is 5.91. The van der Waals surface area contributed by atoms with Gasteiger partial charge in [0, 0.05) is 31.6 Å². The average molecular weight is 352 g/mol. The number of amides is 1. The minimum Gasteiger partial charge on any atom is -0.310 e. The maximum Gasteiger partial charge on any atom is 0.435 e. The second kappa shape index (κ2) is 6.23. The van der Waals surface area contributed by atoms with Gasteiger partial charge in [-0.25, -0.2) is 0 Å². The molecule has 2 aromatic heterocycles. The number of alkyl halides is 3. The molecule has 1 aliphatic carbocycles. The monoisotopic (exact) mass is 352 g/mol. The summed E-state index contributed by atoms with van der Waals surface area (Å²) in [5.41, 5.74) is -0.209. The summed E-state index contributed by atoms with van der Waals surface area (Å²) < 4.78 is 41.2. The average Bonchev–Trinajstić information content (AvgIpc) is 3.20. The number of carbonyl (C=O) groups is 1. The van der Waals surface area contributed by atoms with Crippen LogP contribution in [0.3, 0.4) is 0 Å². The van der Waals surface area contributed by atoms with Gasteiger partial charge in [-0.2, -0.15) is 28.6 Å². The number of carbonyl (C=O) groups excluding carboxylic acids is 1. The number of nitrogens with zero attached hydrogens (tertiary/aromatic N) is 5. The molecule has 1 amide bonds. The SMILES string of the molecule is Cn1ncc(C#N)c1NC(=O)CCn1nc(C(F)(F)F)cc1C1CC1. The van der Waals surface area contributed by atoms with Gasteiger partial charge in [-0.3, -0.25) is 14.2 Å². The fourth-order valence-electron chi connectivity index (χ4n) is 2.53. The lowest BCUT2D eigenvalue weighted by Crippen LogP contribution is -2.18. The molecule has 10 heteroatoms. The summed E-state index contributed by atoms with van der Waals surface area (Å²) in [7, 11) is 1.57. The van der Waals surface area contributed by atoms with Gasteiger partial charge in [0.1, 0.15) is 17.5 Å². The quantitative estimate of drug-likeness (QED) is 0.895. The van der Waals surface area contributed by atoms with Crippen LogP contribution in [0, 0.1) is 11.3 Å². The third-order valence-electron chi connectivity index (χ3n) is 3.96. The molecule has 1 N–H and O–H groups in total. The van der Waals surface area contributed by atoms with Crippen LogP contribution >= 0.6 is 0 Å². The van der Waals surface area contributed by atoms with Crippen molar-refractivity contribution in [1.82, 2.24) is 19.6 Å². The van der Waals surface area contributed by atoms with Gasteiger partial charge in [0.05, 0.1) is 6.20 Å². The molecule has 0 unspecified atom stereocenters. The van der Waals surface area contributed by atoms with Gasteiger partial charge in [0.15, 0.2) is 5.69 Å². The second-order valence-corrected chi connectivity index (χ2v) is 5.89. The first kappa shape index (κ1) is 17.0. The third kappa shape index (κ3) is 3.65. The molecule has 0 bridgehead atoms. The van der Waals surface area contributed by atoms with E-state index in [9.17, 15) is 18.0 Å². The summed E-state index contributed by atoms with van der Waals surface area (Å²) in [6, 6.07) is 2.97. The summed E-state index contributed by atoms with van der Waals surface area (Å²) in [6.07, 6.45) is -1.59.